The highest BCUT2D eigenvalue weighted by atomic mass is 16.6. The van der Waals surface area contributed by atoms with Gasteiger partial charge in [-0.25, -0.2) is 0 Å². The highest BCUT2D eigenvalue weighted by molar-refractivity contribution is 6.09. The number of nitro groups is 1. The zero-order chi connectivity index (χ0) is 21.8. The van der Waals surface area contributed by atoms with E-state index in [9.17, 15) is 10.1 Å². The molecule has 4 aromatic rings. The zero-order valence-electron chi connectivity index (χ0n) is 18.5. The first-order chi connectivity index (χ1) is 14.0. The monoisotopic (exact) mass is 400 g/mol. The fraction of sp³-hybridized carbons (Fsp3) is 0.308. The van der Waals surface area contributed by atoms with Gasteiger partial charge in [-0.1, -0.05) is 53.7 Å². The minimum absolute atomic E-state index is 0.0532. The minimum atomic E-state index is -0.360. The summed E-state index contributed by atoms with van der Waals surface area (Å²) in [6.07, 6.45) is 0. The largest absolute Gasteiger partial charge is 0.309 e. The number of non-ortho nitro benzene ring substituents is 1. The number of hydrogen-bond acceptors (Lipinski definition) is 2. The van der Waals surface area contributed by atoms with Crippen molar-refractivity contribution in [2.75, 3.05) is 0 Å². The van der Waals surface area contributed by atoms with E-state index in [4.69, 9.17) is 0 Å². The van der Waals surface area contributed by atoms with E-state index in [0.29, 0.717) is 0 Å². The molecule has 0 bridgehead atoms. The molecule has 4 heteroatoms. The average molecular weight is 401 g/mol. The predicted octanol–water partition coefficient (Wildman–Crippen LogP) is 7.29. The lowest BCUT2D eigenvalue weighted by molar-refractivity contribution is -0.384. The van der Waals surface area contributed by atoms with Crippen LogP contribution in [0.4, 0.5) is 5.69 Å². The molecule has 0 aliphatic heterocycles. The Balaban J connectivity index is 2.06. The maximum atomic E-state index is 11.1. The summed E-state index contributed by atoms with van der Waals surface area (Å²) in [7, 11) is 0. The van der Waals surface area contributed by atoms with Crippen molar-refractivity contribution in [1.82, 2.24) is 4.57 Å². The molecule has 0 aliphatic carbocycles. The van der Waals surface area contributed by atoms with Crippen LogP contribution in [0.5, 0.6) is 0 Å². The van der Waals surface area contributed by atoms with Gasteiger partial charge in [0, 0.05) is 28.6 Å². The second kappa shape index (κ2) is 6.69. The van der Waals surface area contributed by atoms with E-state index in [-0.39, 0.29) is 21.4 Å². The van der Waals surface area contributed by atoms with Crippen LogP contribution in [0.25, 0.3) is 27.5 Å². The number of hydrogen-bond donors (Lipinski definition) is 0. The molecule has 0 saturated heterocycles. The van der Waals surface area contributed by atoms with Crippen molar-refractivity contribution in [3.8, 4) is 5.69 Å². The van der Waals surface area contributed by atoms with E-state index in [2.05, 4.69) is 82.5 Å². The molecule has 1 heterocycles. The molecule has 0 fully saturated rings. The van der Waals surface area contributed by atoms with Crippen LogP contribution in [0, 0.1) is 10.1 Å². The Morgan fingerprint density at radius 2 is 1.13 bits per heavy atom. The Kier molecular flexibility index (Phi) is 4.50. The van der Waals surface area contributed by atoms with Crippen molar-refractivity contribution < 1.29 is 4.92 Å². The van der Waals surface area contributed by atoms with Gasteiger partial charge in [-0.3, -0.25) is 10.1 Å². The van der Waals surface area contributed by atoms with Gasteiger partial charge in [-0.05, 0) is 58.4 Å². The van der Waals surface area contributed by atoms with E-state index in [1.807, 2.05) is 12.1 Å². The second-order valence-electron chi connectivity index (χ2n) is 10.1. The van der Waals surface area contributed by atoms with Gasteiger partial charge in [-0.2, -0.15) is 0 Å². The highest BCUT2D eigenvalue weighted by Crippen LogP contribution is 2.37. The van der Waals surface area contributed by atoms with Crippen LogP contribution in [0.15, 0.2) is 60.7 Å². The van der Waals surface area contributed by atoms with Crippen LogP contribution in [0.1, 0.15) is 52.7 Å². The van der Waals surface area contributed by atoms with Gasteiger partial charge in [-0.15, -0.1) is 0 Å². The van der Waals surface area contributed by atoms with Crippen LogP contribution in [-0.2, 0) is 10.8 Å². The van der Waals surface area contributed by atoms with Crippen molar-refractivity contribution in [3.63, 3.8) is 0 Å². The number of fused-ring (bicyclic) bond motifs is 3. The van der Waals surface area contributed by atoms with E-state index >= 15 is 0 Å². The first-order valence-electron chi connectivity index (χ1n) is 10.3. The summed E-state index contributed by atoms with van der Waals surface area (Å²) in [5, 5.41) is 13.5. The van der Waals surface area contributed by atoms with Gasteiger partial charge in [0.1, 0.15) is 0 Å². The summed E-state index contributed by atoms with van der Waals surface area (Å²) in [5.74, 6) is 0. The first kappa shape index (κ1) is 20.1. The standard InChI is InChI=1S/C26H28N2O2/c1-25(2,3)17-7-13-23-21(15-17)22-16-18(26(4,5)6)8-14-24(22)27(23)19-9-11-20(12-10-19)28(29)30/h7-16H,1-6H3. The van der Waals surface area contributed by atoms with Gasteiger partial charge < -0.3 is 4.57 Å². The lowest BCUT2D eigenvalue weighted by atomic mass is 9.85. The second-order valence-corrected chi connectivity index (χ2v) is 10.1. The molecule has 4 rings (SSSR count). The van der Waals surface area contributed by atoms with Crippen LogP contribution < -0.4 is 0 Å². The van der Waals surface area contributed by atoms with E-state index in [1.54, 1.807) is 12.1 Å². The van der Waals surface area contributed by atoms with Crippen molar-refractivity contribution in [1.29, 1.82) is 0 Å². The molecular weight excluding hydrogens is 372 g/mol. The van der Waals surface area contributed by atoms with Crippen molar-refractivity contribution in [3.05, 3.63) is 81.9 Å². The number of rotatable bonds is 2. The summed E-state index contributed by atoms with van der Waals surface area (Å²) in [6.45, 7) is 13.4. The normalized spacial score (nSPS) is 12.6. The quantitative estimate of drug-likeness (QED) is 0.262. The molecule has 3 aromatic carbocycles. The highest BCUT2D eigenvalue weighted by Gasteiger charge is 2.20. The smallest absolute Gasteiger partial charge is 0.269 e. The van der Waals surface area contributed by atoms with Crippen LogP contribution in [0.3, 0.4) is 0 Å². The molecule has 0 atom stereocenters. The third-order valence-corrected chi connectivity index (χ3v) is 5.82. The fourth-order valence-electron chi connectivity index (χ4n) is 3.96. The molecule has 0 amide bonds. The molecule has 30 heavy (non-hydrogen) atoms. The molecule has 0 aliphatic rings. The maximum Gasteiger partial charge on any atom is 0.269 e. The topological polar surface area (TPSA) is 48.1 Å². The Hall–Kier alpha value is -3.14. The summed E-state index contributed by atoms with van der Waals surface area (Å²) in [6, 6.07) is 20.1. The molecule has 0 saturated carbocycles. The molecular formula is C26H28N2O2. The van der Waals surface area contributed by atoms with Crippen LogP contribution in [-0.4, -0.2) is 9.49 Å². The Morgan fingerprint density at radius 3 is 1.50 bits per heavy atom. The summed E-state index contributed by atoms with van der Waals surface area (Å²) in [5.41, 5.74) is 5.93. The Bertz CT molecular complexity index is 1200. The third kappa shape index (κ3) is 3.36. The lowest BCUT2D eigenvalue weighted by Gasteiger charge is -2.19. The Morgan fingerprint density at radius 1 is 0.700 bits per heavy atom. The summed E-state index contributed by atoms with van der Waals surface area (Å²) < 4.78 is 2.20. The Labute approximate surface area is 177 Å². The van der Waals surface area contributed by atoms with E-state index in [1.165, 1.54) is 21.9 Å². The van der Waals surface area contributed by atoms with Crippen LogP contribution >= 0.6 is 0 Å². The molecule has 0 unspecified atom stereocenters. The number of nitrogens with zero attached hydrogens (tertiary/aromatic N) is 2. The minimum Gasteiger partial charge on any atom is -0.309 e. The van der Waals surface area contributed by atoms with Gasteiger partial charge in [0.2, 0.25) is 0 Å². The molecule has 0 radical (unpaired) electrons. The average Bonchev–Trinajstić information content (AvgIpc) is 2.99. The molecule has 154 valence electrons. The molecule has 0 N–H and O–H groups in total. The molecule has 0 spiro atoms. The van der Waals surface area contributed by atoms with Crippen molar-refractivity contribution >= 4 is 27.5 Å². The summed E-state index contributed by atoms with van der Waals surface area (Å²) >= 11 is 0. The number of benzene rings is 3. The van der Waals surface area contributed by atoms with Crippen molar-refractivity contribution in [2.24, 2.45) is 0 Å². The summed E-state index contributed by atoms with van der Waals surface area (Å²) in [4.78, 5) is 10.7. The lowest BCUT2D eigenvalue weighted by Crippen LogP contribution is -2.10. The van der Waals surface area contributed by atoms with Gasteiger partial charge in [0.15, 0.2) is 0 Å². The van der Waals surface area contributed by atoms with Gasteiger partial charge in [0.25, 0.3) is 5.69 Å². The van der Waals surface area contributed by atoms with Gasteiger partial charge in [0.05, 0.1) is 16.0 Å². The van der Waals surface area contributed by atoms with Gasteiger partial charge >= 0.3 is 0 Å². The number of aromatic nitrogens is 1. The van der Waals surface area contributed by atoms with E-state index < -0.39 is 0 Å². The third-order valence-electron chi connectivity index (χ3n) is 5.82. The number of nitro benzene ring substituents is 1. The first-order valence-corrected chi connectivity index (χ1v) is 10.3. The maximum absolute atomic E-state index is 11.1. The predicted molar refractivity (Wildman–Crippen MR) is 125 cm³/mol. The molecule has 4 nitrogen and oxygen atoms in total. The molecule has 1 aromatic heterocycles. The SMILES string of the molecule is CC(C)(C)c1ccc2c(c1)c1cc(C(C)(C)C)ccc1n2-c1ccc([N+](=O)[O-])cc1. The van der Waals surface area contributed by atoms with Crippen molar-refractivity contribution in [2.45, 2.75) is 52.4 Å². The zero-order valence-corrected chi connectivity index (χ0v) is 18.5. The van der Waals surface area contributed by atoms with E-state index in [0.717, 1.165) is 16.7 Å². The fourth-order valence-corrected chi connectivity index (χ4v) is 3.96. The van der Waals surface area contributed by atoms with Crippen LogP contribution in [0.2, 0.25) is 0 Å².